The number of rotatable bonds is 4. The number of pyridine rings is 4. The zero-order valence-corrected chi connectivity index (χ0v) is 31.6. The Bertz CT molecular complexity index is 2220. The first-order valence-electron chi connectivity index (χ1n) is 15.4. The number of carbonyl (C=O) groups is 4. The largest absolute Gasteiger partial charge is 0.543 e. The van der Waals surface area contributed by atoms with Crippen LogP contribution in [0.5, 0.6) is 0 Å². The molecule has 0 aliphatic carbocycles. The van der Waals surface area contributed by atoms with Gasteiger partial charge < -0.3 is 25.2 Å². The van der Waals surface area contributed by atoms with E-state index in [4.69, 9.17) is 15.3 Å². The number of carboxylic acid groups (broad SMARTS) is 4. The van der Waals surface area contributed by atoms with Crippen LogP contribution < -0.4 is 5.11 Å². The van der Waals surface area contributed by atoms with Crippen LogP contribution in [-0.2, 0) is 0 Å². The van der Waals surface area contributed by atoms with Crippen molar-refractivity contribution in [2.45, 2.75) is 0 Å². The van der Waals surface area contributed by atoms with E-state index in [0.717, 1.165) is 21.5 Å². The summed E-state index contributed by atoms with van der Waals surface area (Å²) >= 11 is 0. The van der Waals surface area contributed by atoms with Gasteiger partial charge in [-0.3, -0.25) is 0 Å². The van der Waals surface area contributed by atoms with Crippen molar-refractivity contribution in [1.29, 1.82) is 0 Å². The van der Waals surface area contributed by atoms with E-state index in [1.165, 1.54) is 24.3 Å². The Morgan fingerprint density at radius 2 is 0.585 bits per heavy atom. The number of para-hydroxylation sites is 4. The number of aromatic carboxylic acids is 4. The molecule has 0 atom stereocenters. The van der Waals surface area contributed by atoms with Crippen molar-refractivity contribution >= 4 is 67.5 Å². The van der Waals surface area contributed by atoms with Crippen molar-refractivity contribution in [3.8, 4) is 0 Å². The third kappa shape index (κ3) is 10.9. The smallest absolute Gasteiger partial charge is 0.354 e. The number of hydrogen-bond acceptors (Lipinski definition) is 9. The Morgan fingerprint density at radius 1 is 0.358 bits per heavy atom. The van der Waals surface area contributed by atoms with Crippen molar-refractivity contribution in [2.75, 3.05) is 0 Å². The summed E-state index contributed by atoms with van der Waals surface area (Å²) in [6, 6.07) is 42.5. The van der Waals surface area contributed by atoms with Gasteiger partial charge in [-0.25, -0.2) is 34.3 Å². The molecule has 0 saturated heterocycles. The number of hydrogen-bond donors (Lipinski definition) is 3. The van der Waals surface area contributed by atoms with Crippen molar-refractivity contribution in [1.82, 2.24) is 19.9 Å². The van der Waals surface area contributed by atoms with E-state index in [9.17, 15) is 24.3 Å². The van der Waals surface area contributed by atoms with Crippen LogP contribution in [-0.4, -0.2) is 59.1 Å². The summed E-state index contributed by atoms with van der Waals surface area (Å²) in [6.07, 6.45) is 0. The molecule has 0 spiro atoms. The molecule has 0 saturated carbocycles. The van der Waals surface area contributed by atoms with Crippen LogP contribution in [0.15, 0.2) is 146 Å². The van der Waals surface area contributed by atoms with Crippen LogP contribution in [0.3, 0.4) is 0 Å². The molecule has 0 radical (unpaired) electrons. The van der Waals surface area contributed by atoms with Crippen LogP contribution in [0.4, 0.5) is 0 Å². The molecular weight excluding hydrogens is 896 g/mol. The Morgan fingerprint density at radius 3 is 0.830 bits per heavy atom. The maximum absolute atomic E-state index is 10.6. The summed E-state index contributed by atoms with van der Waals surface area (Å²) in [5, 5.41) is 40.3. The normalized spacial score (nSPS) is 9.96. The molecule has 8 rings (SSSR count). The Hall–Kier alpha value is -6.28. The van der Waals surface area contributed by atoms with Gasteiger partial charge in [-0.15, -0.1) is 0 Å². The monoisotopic (exact) mass is 923 g/mol. The second kappa shape index (κ2) is 18.8. The number of nitrogens with zero attached hydrogens (tertiary/aromatic N) is 4. The summed E-state index contributed by atoms with van der Waals surface area (Å²) < 4.78 is 0. The summed E-state index contributed by atoms with van der Waals surface area (Å²) in [6.45, 7) is 0. The number of benzene rings is 4. The number of aromatic nitrogens is 4. The average molecular weight is 924 g/mol. The zero-order chi connectivity index (χ0) is 37.0. The van der Waals surface area contributed by atoms with E-state index in [2.05, 4.69) is 19.9 Å². The Balaban J connectivity index is 0.000000157. The second-order valence-electron chi connectivity index (χ2n) is 10.8. The third-order valence-corrected chi connectivity index (χ3v) is 7.26. The topological polar surface area (TPSA) is 204 Å². The molecule has 0 fully saturated rings. The minimum atomic E-state index is -1.24. The predicted octanol–water partition coefficient (Wildman–Crippen LogP) is 6.40. The van der Waals surface area contributed by atoms with Crippen LogP contribution >= 0.6 is 0 Å². The van der Waals surface area contributed by atoms with Crippen LogP contribution in [0.25, 0.3) is 43.6 Å². The van der Waals surface area contributed by atoms with E-state index < -0.39 is 23.9 Å². The molecule has 0 amide bonds. The maximum Gasteiger partial charge on any atom is 0.354 e. The van der Waals surface area contributed by atoms with Crippen molar-refractivity contribution < 1.29 is 79.5 Å². The first-order valence-corrected chi connectivity index (χ1v) is 15.4. The molecule has 260 valence electrons. The van der Waals surface area contributed by atoms with Crippen LogP contribution in [0, 0.1) is 39.9 Å². The molecule has 12 nitrogen and oxygen atoms in total. The van der Waals surface area contributed by atoms with Gasteiger partial charge >= 0.3 is 17.9 Å². The van der Waals surface area contributed by atoms with Crippen LogP contribution in [0.1, 0.15) is 42.0 Å². The standard InChI is InChI=1S/4C10H7NO2.Th/c4*12-10(13)9-6-5-7-3-1-2-4-8(7)11-9;/h4*1-6H,(H,12,13);/p-1. The molecule has 0 unspecified atom stereocenters. The van der Waals surface area contributed by atoms with Gasteiger partial charge in [-0.1, -0.05) is 97.1 Å². The van der Waals surface area contributed by atoms with Crippen molar-refractivity contribution in [3.63, 3.8) is 0 Å². The summed E-state index contributed by atoms with van der Waals surface area (Å²) in [5.41, 5.74) is 3.02. The Labute approximate surface area is 333 Å². The molecule has 4 heterocycles. The molecular formula is C40H27N4O8Th-. The minimum absolute atomic E-state index is 0. The first-order chi connectivity index (χ1) is 25.1. The molecule has 0 bridgehead atoms. The fraction of sp³-hybridized carbons (Fsp3) is 0. The third-order valence-electron chi connectivity index (χ3n) is 7.26. The summed E-state index contributed by atoms with van der Waals surface area (Å²) in [4.78, 5) is 58.1. The van der Waals surface area contributed by atoms with Gasteiger partial charge in [0.05, 0.1) is 33.7 Å². The molecule has 53 heavy (non-hydrogen) atoms. The molecule has 0 aliphatic rings. The number of carboxylic acids is 4. The molecule has 4 aromatic heterocycles. The Kier molecular flexibility index (Phi) is 14.0. The molecule has 3 N–H and O–H groups in total. The number of fused-ring (bicyclic) bond motifs is 4. The molecule has 4 aromatic carbocycles. The van der Waals surface area contributed by atoms with Crippen LogP contribution in [0.2, 0.25) is 0 Å². The minimum Gasteiger partial charge on any atom is -0.543 e. The maximum atomic E-state index is 10.6. The average Bonchev–Trinajstić information content (AvgIpc) is 3.17. The summed E-state index contributed by atoms with van der Waals surface area (Å²) in [5.74, 6) is -4.23. The van der Waals surface area contributed by atoms with Gasteiger partial charge in [0, 0.05) is 61.5 Å². The van der Waals surface area contributed by atoms with Gasteiger partial charge in [0.2, 0.25) is 0 Å². The van der Waals surface area contributed by atoms with Gasteiger partial charge in [0.15, 0.2) is 0 Å². The van der Waals surface area contributed by atoms with Crippen molar-refractivity contribution in [3.05, 3.63) is 168 Å². The quantitative estimate of drug-likeness (QED) is 0.176. The van der Waals surface area contributed by atoms with Gasteiger partial charge in [-0.2, -0.15) is 0 Å². The number of carbonyl (C=O) groups excluding carboxylic acids is 1. The van der Waals surface area contributed by atoms with E-state index in [0.29, 0.717) is 22.1 Å². The fourth-order valence-electron chi connectivity index (χ4n) is 4.74. The van der Waals surface area contributed by atoms with E-state index in [-0.39, 0.29) is 62.7 Å². The second-order valence-corrected chi connectivity index (χ2v) is 10.8. The predicted molar refractivity (Wildman–Crippen MR) is 192 cm³/mol. The molecule has 0 aliphatic heterocycles. The van der Waals surface area contributed by atoms with E-state index in [1.807, 2.05) is 72.8 Å². The first kappa shape index (κ1) is 39.5. The van der Waals surface area contributed by atoms with E-state index in [1.54, 1.807) is 48.5 Å². The van der Waals surface area contributed by atoms with E-state index >= 15 is 0 Å². The molecule has 8 aromatic rings. The van der Waals surface area contributed by atoms with Gasteiger partial charge in [-0.05, 0) is 48.5 Å². The van der Waals surface area contributed by atoms with Gasteiger partial charge in [0.1, 0.15) is 17.1 Å². The van der Waals surface area contributed by atoms with Crippen molar-refractivity contribution in [2.24, 2.45) is 0 Å². The SMILES string of the molecule is O=C(O)c1ccc2ccccc2n1.O=C(O)c1ccc2ccccc2n1.O=C(O)c1ccc2ccccc2n1.O=C([O-])c1ccc2ccccc2n1.[Th]. The summed E-state index contributed by atoms with van der Waals surface area (Å²) in [7, 11) is 0. The van der Waals surface area contributed by atoms with Gasteiger partial charge in [0.25, 0.3) is 0 Å². The zero-order valence-electron chi connectivity index (χ0n) is 27.5. The molecule has 13 heteroatoms. The fourth-order valence-corrected chi connectivity index (χ4v) is 4.74.